The summed E-state index contributed by atoms with van der Waals surface area (Å²) in [4.78, 5) is 4.30. The summed E-state index contributed by atoms with van der Waals surface area (Å²) in [6.07, 6.45) is 1.82. The van der Waals surface area contributed by atoms with Gasteiger partial charge in [-0.3, -0.25) is 4.98 Å². The zero-order valence-electron chi connectivity index (χ0n) is 12.1. The lowest BCUT2D eigenvalue weighted by Gasteiger charge is -2.16. The van der Waals surface area contributed by atoms with Gasteiger partial charge in [-0.2, -0.15) is 0 Å². The highest BCUT2D eigenvalue weighted by Crippen LogP contribution is 2.24. The molecule has 2 heteroatoms. The molecule has 0 saturated carbocycles. The van der Waals surface area contributed by atoms with Crippen molar-refractivity contribution >= 4 is 0 Å². The Morgan fingerprint density at radius 3 is 2.26 bits per heavy atom. The van der Waals surface area contributed by atoms with Crippen LogP contribution in [0.3, 0.4) is 0 Å². The molecule has 1 heterocycles. The number of aliphatic hydroxyl groups excluding tert-OH is 1. The predicted molar refractivity (Wildman–Crippen MR) is 78.3 cm³/mol. The van der Waals surface area contributed by atoms with Crippen molar-refractivity contribution in [2.45, 2.75) is 40.2 Å². The quantitative estimate of drug-likeness (QED) is 0.909. The molecule has 19 heavy (non-hydrogen) atoms. The summed E-state index contributed by atoms with van der Waals surface area (Å²) < 4.78 is 0. The number of nitrogens with zero attached hydrogens (tertiary/aromatic N) is 1. The van der Waals surface area contributed by atoms with E-state index in [9.17, 15) is 5.11 Å². The van der Waals surface area contributed by atoms with E-state index in [0.29, 0.717) is 6.42 Å². The van der Waals surface area contributed by atoms with E-state index >= 15 is 0 Å². The van der Waals surface area contributed by atoms with Gasteiger partial charge in [0.1, 0.15) is 6.10 Å². The number of hydrogen-bond acceptors (Lipinski definition) is 2. The van der Waals surface area contributed by atoms with Crippen LogP contribution in [0.4, 0.5) is 0 Å². The normalized spacial score (nSPS) is 12.5. The third-order valence-electron chi connectivity index (χ3n) is 3.60. The minimum atomic E-state index is -0.540. The minimum Gasteiger partial charge on any atom is -0.386 e. The van der Waals surface area contributed by atoms with E-state index in [0.717, 1.165) is 11.3 Å². The van der Waals surface area contributed by atoms with Gasteiger partial charge in [0.2, 0.25) is 0 Å². The first kappa shape index (κ1) is 13.8. The van der Waals surface area contributed by atoms with Gasteiger partial charge >= 0.3 is 0 Å². The summed E-state index contributed by atoms with van der Waals surface area (Å²) in [6.45, 7) is 8.30. The van der Waals surface area contributed by atoms with Gasteiger partial charge in [0.15, 0.2) is 0 Å². The van der Waals surface area contributed by atoms with Crippen LogP contribution in [0.2, 0.25) is 0 Å². The van der Waals surface area contributed by atoms with Crippen molar-refractivity contribution in [3.8, 4) is 0 Å². The molecule has 2 aromatic rings. The Morgan fingerprint density at radius 1 is 1.05 bits per heavy atom. The maximum atomic E-state index is 10.4. The van der Waals surface area contributed by atoms with Crippen LogP contribution in [0.25, 0.3) is 0 Å². The van der Waals surface area contributed by atoms with Crippen LogP contribution in [0.15, 0.2) is 30.5 Å². The molecule has 1 aromatic carbocycles. The molecular formula is C17H21NO. The number of aliphatic hydroxyl groups is 1. The molecule has 0 spiro atoms. The topological polar surface area (TPSA) is 33.1 Å². The highest BCUT2D eigenvalue weighted by atomic mass is 16.3. The average Bonchev–Trinajstić information content (AvgIpc) is 2.34. The SMILES string of the molecule is Cc1cc(C)c(CC(O)c2ncccc2C)c(C)c1. The molecule has 0 amide bonds. The molecule has 1 atom stereocenters. The standard InChI is InChI=1S/C17H21NO/c1-11-8-13(3)15(14(4)9-11)10-16(19)17-12(2)6-5-7-18-17/h5-9,16,19H,10H2,1-4H3. The molecule has 0 bridgehead atoms. The molecule has 100 valence electrons. The Hall–Kier alpha value is -1.67. The summed E-state index contributed by atoms with van der Waals surface area (Å²) in [5.74, 6) is 0. The van der Waals surface area contributed by atoms with Crippen LogP contribution in [0.1, 0.15) is 39.6 Å². The van der Waals surface area contributed by atoms with E-state index in [2.05, 4.69) is 37.9 Å². The zero-order valence-corrected chi connectivity index (χ0v) is 12.1. The Bertz CT molecular complexity index is 567. The fraction of sp³-hybridized carbons (Fsp3) is 0.353. The molecule has 1 unspecified atom stereocenters. The number of aryl methyl sites for hydroxylation is 4. The first-order valence-corrected chi connectivity index (χ1v) is 6.65. The first-order chi connectivity index (χ1) is 8.99. The van der Waals surface area contributed by atoms with Gasteiger partial charge in [-0.15, -0.1) is 0 Å². The van der Waals surface area contributed by atoms with Gasteiger partial charge < -0.3 is 5.11 Å². The molecule has 2 nitrogen and oxygen atoms in total. The van der Waals surface area contributed by atoms with E-state index in [1.54, 1.807) is 6.20 Å². The van der Waals surface area contributed by atoms with E-state index in [1.807, 2.05) is 19.1 Å². The number of rotatable bonds is 3. The van der Waals surface area contributed by atoms with Crippen molar-refractivity contribution < 1.29 is 5.11 Å². The monoisotopic (exact) mass is 255 g/mol. The van der Waals surface area contributed by atoms with E-state index in [-0.39, 0.29) is 0 Å². The van der Waals surface area contributed by atoms with Crippen LogP contribution in [0.5, 0.6) is 0 Å². The summed E-state index contributed by atoms with van der Waals surface area (Å²) in [5, 5.41) is 10.4. The lowest BCUT2D eigenvalue weighted by molar-refractivity contribution is 0.172. The number of pyridine rings is 1. The van der Waals surface area contributed by atoms with E-state index < -0.39 is 6.10 Å². The van der Waals surface area contributed by atoms with Crippen molar-refractivity contribution in [1.82, 2.24) is 4.98 Å². The van der Waals surface area contributed by atoms with Crippen LogP contribution in [0, 0.1) is 27.7 Å². The Labute approximate surface area is 115 Å². The molecule has 1 N–H and O–H groups in total. The second-order valence-electron chi connectivity index (χ2n) is 5.30. The molecule has 0 aliphatic heterocycles. The summed E-state index contributed by atoms with van der Waals surface area (Å²) in [7, 11) is 0. The Balaban J connectivity index is 2.29. The fourth-order valence-corrected chi connectivity index (χ4v) is 2.67. The summed E-state index contributed by atoms with van der Waals surface area (Å²) in [5.41, 5.74) is 6.79. The maximum absolute atomic E-state index is 10.4. The van der Waals surface area contributed by atoms with Gasteiger partial charge in [0.05, 0.1) is 5.69 Å². The van der Waals surface area contributed by atoms with Crippen LogP contribution >= 0.6 is 0 Å². The van der Waals surface area contributed by atoms with Gasteiger partial charge in [0.25, 0.3) is 0 Å². The molecule has 2 rings (SSSR count). The van der Waals surface area contributed by atoms with Crippen molar-refractivity contribution in [2.75, 3.05) is 0 Å². The minimum absolute atomic E-state index is 0.540. The average molecular weight is 255 g/mol. The maximum Gasteiger partial charge on any atom is 0.100 e. The van der Waals surface area contributed by atoms with Crippen LogP contribution in [-0.2, 0) is 6.42 Å². The third kappa shape index (κ3) is 3.02. The molecule has 0 fully saturated rings. The number of aromatic nitrogens is 1. The van der Waals surface area contributed by atoms with Crippen molar-refractivity contribution in [1.29, 1.82) is 0 Å². The van der Waals surface area contributed by atoms with Gasteiger partial charge in [-0.1, -0.05) is 23.8 Å². The van der Waals surface area contributed by atoms with Gasteiger partial charge in [-0.05, 0) is 56.0 Å². The fourth-order valence-electron chi connectivity index (χ4n) is 2.67. The van der Waals surface area contributed by atoms with Gasteiger partial charge in [0, 0.05) is 12.6 Å². The lowest BCUT2D eigenvalue weighted by atomic mass is 9.93. The Morgan fingerprint density at radius 2 is 1.68 bits per heavy atom. The second-order valence-corrected chi connectivity index (χ2v) is 5.30. The lowest BCUT2D eigenvalue weighted by Crippen LogP contribution is -2.08. The van der Waals surface area contributed by atoms with Crippen molar-refractivity contribution in [2.24, 2.45) is 0 Å². The van der Waals surface area contributed by atoms with Gasteiger partial charge in [-0.25, -0.2) is 0 Å². The Kier molecular flexibility index (Phi) is 4.01. The molecule has 0 saturated heterocycles. The largest absolute Gasteiger partial charge is 0.386 e. The summed E-state index contributed by atoms with van der Waals surface area (Å²) >= 11 is 0. The number of benzene rings is 1. The van der Waals surface area contributed by atoms with E-state index in [4.69, 9.17) is 0 Å². The molecule has 1 aromatic heterocycles. The molecule has 0 aliphatic carbocycles. The molecular weight excluding hydrogens is 234 g/mol. The summed E-state index contributed by atoms with van der Waals surface area (Å²) in [6, 6.07) is 8.22. The molecule has 0 radical (unpaired) electrons. The highest BCUT2D eigenvalue weighted by molar-refractivity contribution is 5.38. The third-order valence-corrected chi connectivity index (χ3v) is 3.60. The number of hydrogen-bond donors (Lipinski definition) is 1. The van der Waals surface area contributed by atoms with Crippen LogP contribution < -0.4 is 0 Å². The first-order valence-electron chi connectivity index (χ1n) is 6.65. The van der Waals surface area contributed by atoms with E-state index in [1.165, 1.54) is 22.3 Å². The highest BCUT2D eigenvalue weighted by Gasteiger charge is 2.15. The van der Waals surface area contributed by atoms with Crippen molar-refractivity contribution in [3.05, 3.63) is 64.0 Å². The zero-order chi connectivity index (χ0) is 14.0. The molecule has 0 aliphatic rings. The van der Waals surface area contributed by atoms with Crippen molar-refractivity contribution in [3.63, 3.8) is 0 Å². The van der Waals surface area contributed by atoms with Crippen LogP contribution in [-0.4, -0.2) is 10.1 Å². The smallest absolute Gasteiger partial charge is 0.100 e. The second kappa shape index (κ2) is 5.54. The predicted octanol–water partition coefficient (Wildman–Crippen LogP) is 3.59.